The predicted molar refractivity (Wildman–Crippen MR) is 62.0 cm³/mol. The van der Waals surface area contributed by atoms with E-state index in [1.807, 2.05) is 30.3 Å². The Labute approximate surface area is 93.1 Å². The second-order valence-electron chi connectivity index (χ2n) is 3.01. The van der Waals surface area contributed by atoms with E-state index in [0.717, 1.165) is 5.56 Å². The van der Waals surface area contributed by atoms with Gasteiger partial charge in [0.1, 0.15) is 10.8 Å². The predicted octanol–water partition coefficient (Wildman–Crippen LogP) is 2.84. The molecule has 0 saturated carbocycles. The number of rotatable bonds is 2. The molecule has 0 bridgehead atoms. The molecule has 0 aliphatic heterocycles. The van der Waals surface area contributed by atoms with Gasteiger partial charge in [0.05, 0.1) is 6.20 Å². The van der Waals surface area contributed by atoms with Crippen molar-refractivity contribution in [1.29, 1.82) is 0 Å². The monoisotopic (exact) mass is 219 g/mol. The molecule has 15 heavy (non-hydrogen) atoms. The normalized spacial score (nSPS) is 10.0. The number of anilines is 1. The molecule has 0 radical (unpaired) electrons. The van der Waals surface area contributed by atoms with Crippen LogP contribution in [0.4, 0.5) is 5.82 Å². The Bertz CT molecular complexity index is 457. The third-order valence-corrected chi connectivity index (χ3v) is 2.29. The zero-order valence-electron chi connectivity index (χ0n) is 8.24. The van der Waals surface area contributed by atoms with E-state index in [4.69, 9.17) is 11.6 Å². The average Bonchev–Trinajstić information content (AvgIpc) is 2.31. The molecule has 0 saturated heterocycles. The van der Waals surface area contributed by atoms with E-state index in [2.05, 4.69) is 15.3 Å². The van der Waals surface area contributed by atoms with Crippen LogP contribution in [-0.2, 0) is 0 Å². The maximum atomic E-state index is 5.90. The molecule has 1 heterocycles. The molecule has 0 fully saturated rings. The Kier molecular flexibility index (Phi) is 2.83. The Balaban J connectivity index is 2.46. The van der Waals surface area contributed by atoms with Crippen molar-refractivity contribution in [2.24, 2.45) is 0 Å². The molecule has 76 valence electrons. The van der Waals surface area contributed by atoms with Crippen molar-refractivity contribution in [3.63, 3.8) is 0 Å². The lowest BCUT2D eigenvalue weighted by atomic mass is 10.2. The third-order valence-electron chi connectivity index (χ3n) is 2.01. The number of benzene rings is 1. The number of nitrogens with zero attached hydrogens (tertiary/aromatic N) is 2. The molecule has 0 unspecified atom stereocenters. The molecule has 1 aromatic carbocycles. The van der Waals surface area contributed by atoms with Crippen molar-refractivity contribution >= 4 is 17.4 Å². The Hall–Kier alpha value is -1.61. The second-order valence-corrected chi connectivity index (χ2v) is 3.41. The molecule has 0 atom stereocenters. The summed E-state index contributed by atoms with van der Waals surface area (Å²) in [5.41, 5.74) is 0.977. The van der Waals surface area contributed by atoms with Crippen LogP contribution in [-0.4, -0.2) is 17.0 Å². The van der Waals surface area contributed by atoms with Crippen LogP contribution in [0, 0.1) is 0 Å². The minimum Gasteiger partial charge on any atom is -0.372 e. The van der Waals surface area contributed by atoms with Crippen molar-refractivity contribution in [2.45, 2.75) is 0 Å². The van der Waals surface area contributed by atoms with Gasteiger partial charge in [0.25, 0.3) is 0 Å². The molecule has 0 amide bonds. The van der Waals surface area contributed by atoms with Crippen molar-refractivity contribution in [2.75, 3.05) is 12.4 Å². The second kappa shape index (κ2) is 4.28. The van der Waals surface area contributed by atoms with Gasteiger partial charge in [-0.1, -0.05) is 41.9 Å². The van der Waals surface area contributed by atoms with E-state index in [-0.39, 0.29) is 0 Å². The first kappa shape index (κ1) is 9.93. The van der Waals surface area contributed by atoms with Crippen molar-refractivity contribution < 1.29 is 0 Å². The van der Waals surface area contributed by atoms with Gasteiger partial charge in [-0.05, 0) is 0 Å². The van der Waals surface area contributed by atoms with Crippen LogP contribution in [0.25, 0.3) is 11.4 Å². The Morgan fingerprint density at radius 2 is 1.93 bits per heavy atom. The van der Waals surface area contributed by atoms with Gasteiger partial charge in [-0.2, -0.15) is 0 Å². The molecule has 2 rings (SSSR count). The molecule has 0 aliphatic carbocycles. The summed E-state index contributed by atoms with van der Waals surface area (Å²) in [7, 11) is 1.78. The van der Waals surface area contributed by atoms with Crippen LogP contribution < -0.4 is 5.32 Å². The molecule has 0 aliphatic rings. The highest BCUT2D eigenvalue weighted by Gasteiger charge is 2.04. The summed E-state index contributed by atoms with van der Waals surface area (Å²) in [6.07, 6.45) is 1.60. The van der Waals surface area contributed by atoms with Gasteiger partial charge >= 0.3 is 0 Å². The lowest BCUT2D eigenvalue weighted by Crippen LogP contribution is -1.97. The first-order valence-electron chi connectivity index (χ1n) is 4.57. The van der Waals surface area contributed by atoms with Crippen LogP contribution in [0.5, 0.6) is 0 Å². The number of hydrogen-bond acceptors (Lipinski definition) is 3. The molecule has 1 N–H and O–H groups in total. The minimum atomic E-state index is 0.525. The molecular weight excluding hydrogens is 210 g/mol. The molecule has 3 nitrogen and oxygen atoms in total. The van der Waals surface area contributed by atoms with Crippen molar-refractivity contribution in [3.8, 4) is 11.4 Å². The summed E-state index contributed by atoms with van der Waals surface area (Å²) in [4.78, 5) is 8.48. The van der Waals surface area contributed by atoms with Crippen molar-refractivity contribution in [3.05, 3.63) is 41.6 Å². The van der Waals surface area contributed by atoms with Gasteiger partial charge in [0, 0.05) is 12.6 Å². The summed E-state index contributed by atoms with van der Waals surface area (Å²) in [5, 5.41) is 3.45. The van der Waals surface area contributed by atoms with E-state index in [9.17, 15) is 0 Å². The maximum absolute atomic E-state index is 5.90. The minimum absolute atomic E-state index is 0.525. The van der Waals surface area contributed by atoms with Gasteiger partial charge in [0.15, 0.2) is 5.82 Å². The fourth-order valence-electron chi connectivity index (χ4n) is 1.27. The standard InChI is InChI=1S/C11H10ClN3/c1-13-11-9(12)7-14-10(15-11)8-5-3-2-4-6-8/h2-7H,1H3,(H,13,14,15). The number of halogens is 1. The average molecular weight is 220 g/mol. The van der Waals surface area contributed by atoms with E-state index >= 15 is 0 Å². The summed E-state index contributed by atoms with van der Waals surface area (Å²) >= 11 is 5.90. The third kappa shape index (κ3) is 2.07. The molecule has 1 aromatic heterocycles. The number of hydrogen-bond donors (Lipinski definition) is 1. The lowest BCUT2D eigenvalue weighted by Gasteiger charge is -2.04. The van der Waals surface area contributed by atoms with Gasteiger partial charge in [-0.15, -0.1) is 0 Å². The van der Waals surface area contributed by atoms with Gasteiger partial charge < -0.3 is 5.32 Å². The fourth-order valence-corrected chi connectivity index (χ4v) is 1.45. The van der Waals surface area contributed by atoms with Gasteiger partial charge in [-0.3, -0.25) is 0 Å². The number of aromatic nitrogens is 2. The first-order chi connectivity index (χ1) is 7.31. The quantitative estimate of drug-likeness (QED) is 0.844. The smallest absolute Gasteiger partial charge is 0.161 e. The van der Waals surface area contributed by atoms with Crippen LogP contribution in [0.1, 0.15) is 0 Å². The zero-order valence-corrected chi connectivity index (χ0v) is 8.99. The Morgan fingerprint density at radius 1 is 1.20 bits per heavy atom. The Morgan fingerprint density at radius 3 is 2.60 bits per heavy atom. The van der Waals surface area contributed by atoms with E-state index in [1.165, 1.54) is 0 Å². The lowest BCUT2D eigenvalue weighted by molar-refractivity contribution is 1.17. The van der Waals surface area contributed by atoms with Crippen LogP contribution in [0.3, 0.4) is 0 Å². The zero-order chi connectivity index (χ0) is 10.7. The van der Waals surface area contributed by atoms with Gasteiger partial charge in [0.2, 0.25) is 0 Å². The maximum Gasteiger partial charge on any atom is 0.161 e. The highest BCUT2D eigenvalue weighted by Crippen LogP contribution is 2.21. The molecule has 4 heteroatoms. The van der Waals surface area contributed by atoms with E-state index in [1.54, 1.807) is 13.2 Å². The van der Waals surface area contributed by atoms with Crippen LogP contribution in [0.15, 0.2) is 36.5 Å². The first-order valence-corrected chi connectivity index (χ1v) is 4.95. The van der Waals surface area contributed by atoms with Crippen LogP contribution in [0.2, 0.25) is 5.02 Å². The largest absolute Gasteiger partial charge is 0.372 e. The molecular formula is C11H10ClN3. The highest BCUT2D eigenvalue weighted by molar-refractivity contribution is 6.32. The van der Waals surface area contributed by atoms with E-state index < -0.39 is 0 Å². The fraction of sp³-hybridized carbons (Fsp3) is 0.0909. The number of nitrogens with one attached hydrogen (secondary N) is 1. The molecule has 0 spiro atoms. The summed E-state index contributed by atoms with van der Waals surface area (Å²) < 4.78 is 0. The SMILES string of the molecule is CNc1nc(-c2ccccc2)ncc1Cl. The van der Waals surface area contributed by atoms with Gasteiger partial charge in [-0.25, -0.2) is 9.97 Å². The summed E-state index contributed by atoms with van der Waals surface area (Å²) in [6, 6.07) is 9.78. The van der Waals surface area contributed by atoms with Crippen molar-refractivity contribution in [1.82, 2.24) is 9.97 Å². The van der Waals surface area contributed by atoms with E-state index in [0.29, 0.717) is 16.7 Å². The topological polar surface area (TPSA) is 37.8 Å². The molecule has 2 aromatic rings. The highest BCUT2D eigenvalue weighted by atomic mass is 35.5. The summed E-state index contributed by atoms with van der Waals surface area (Å²) in [6.45, 7) is 0. The summed E-state index contributed by atoms with van der Waals surface area (Å²) in [5.74, 6) is 1.31. The van der Waals surface area contributed by atoms with Crippen LogP contribution >= 0.6 is 11.6 Å².